The number of carbonyl (C=O) groups excluding carboxylic acids is 1. The molecule has 0 aliphatic rings. The third kappa shape index (κ3) is 4.94. The second kappa shape index (κ2) is 7.89. The largest absolute Gasteiger partial charge is 0.352 e. The standard InChI is InChI=1S/C18H21NOS/c1-3-12-19-18(20)16-8-6-15(7-9-16)13-21-17-10-4-14(2)5-11-17/h4-11H,3,12-13H2,1-2H3,(H,19,20). The highest BCUT2D eigenvalue weighted by molar-refractivity contribution is 7.98. The predicted molar refractivity (Wildman–Crippen MR) is 89.8 cm³/mol. The van der Waals surface area contributed by atoms with Gasteiger partial charge in [-0.15, -0.1) is 11.8 Å². The van der Waals surface area contributed by atoms with Crippen LogP contribution in [0.25, 0.3) is 0 Å². The smallest absolute Gasteiger partial charge is 0.251 e. The molecule has 0 atom stereocenters. The van der Waals surface area contributed by atoms with Gasteiger partial charge in [-0.3, -0.25) is 4.79 Å². The Kier molecular flexibility index (Phi) is 5.88. The zero-order valence-corrected chi connectivity index (χ0v) is 13.4. The lowest BCUT2D eigenvalue weighted by atomic mass is 10.1. The summed E-state index contributed by atoms with van der Waals surface area (Å²) in [6, 6.07) is 16.4. The molecule has 0 heterocycles. The number of hydrogen-bond donors (Lipinski definition) is 1. The van der Waals surface area contributed by atoms with E-state index >= 15 is 0 Å². The van der Waals surface area contributed by atoms with Gasteiger partial charge in [0.15, 0.2) is 0 Å². The van der Waals surface area contributed by atoms with Crippen LogP contribution in [0, 0.1) is 6.92 Å². The fraction of sp³-hybridized carbons (Fsp3) is 0.278. The van der Waals surface area contributed by atoms with Crippen LogP contribution in [0.1, 0.15) is 34.8 Å². The highest BCUT2D eigenvalue weighted by Crippen LogP contribution is 2.23. The molecule has 0 radical (unpaired) electrons. The molecule has 2 aromatic carbocycles. The van der Waals surface area contributed by atoms with Crippen molar-refractivity contribution in [2.75, 3.05) is 6.54 Å². The average Bonchev–Trinajstić information content (AvgIpc) is 2.52. The van der Waals surface area contributed by atoms with Gasteiger partial charge in [0.2, 0.25) is 0 Å². The first-order chi connectivity index (χ1) is 10.2. The Hall–Kier alpha value is -1.74. The summed E-state index contributed by atoms with van der Waals surface area (Å²) < 4.78 is 0. The second-order valence-electron chi connectivity index (χ2n) is 5.05. The van der Waals surface area contributed by atoms with Crippen LogP contribution >= 0.6 is 11.8 Å². The van der Waals surface area contributed by atoms with Crippen LogP contribution in [0.4, 0.5) is 0 Å². The minimum atomic E-state index is 0.00888. The fourth-order valence-electron chi connectivity index (χ4n) is 1.89. The number of aryl methyl sites for hydroxylation is 1. The van der Waals surface area contributed by atoms with E-state index in [2.05, 4.69) is 36.5 Å². The number of amides is 1. The number of benzene rings is 2. The first kappa shape index (κ1) is 15.6. The Morgan fingerprint density at radius 1 is 1.05 bits per heavy atom. The lowest BCUT2D eigenvalue weighted by Crippen LogP contribution is -2.23. The lowest BCUT2D eigenvalue weighted by molar-refractivity contribution is 0.0953. The molecular formula is C18H21NOS. The van der Waals surface area contributed by atoms with E-state index in [9.17, 15) is 4.79 Å². The normalized spacial score (nSPS) is 10.4. The maximum Gasteiger partial charge on any atom is 0.251 e. The van der Waals surface area contributed by atoms with Crippen LogP contribution < -0.4 is 5.32 Å². The second-order valence-corrected chi connectivity index (χ2v) is 6.10. The summed E-state index contributed by atoms with van der Waals surface area (Å²) in [7, 11) is 0. The van der Waals surface area contributed by atoms with Crippen LogP contribution in [0.15, 0.2) is 53.4 Å². The number of thioether (sulfide) groups is 1. The van der Waals surface area contributed by atoms with Crippen molar-refractivity contribution >= 4 is 17.7 Å². The van der Waals surface area contributed by atoms with Gasteiger partial charge < -0.3 is 5.32 Å². The van der Waals surface area contributed by atoms with Crippen LogP contribution in [-0.2, 0) is 5.75 Å². The average molecular weight is 299 g/mol. The van der Waals surface area contributed by atoms with E-state index in [4.69, 9.17) is 0 Å². The van der Waals surface area contributed by atoms with Gasteiger partial charge in [-0.1, -0.05) is 36.8 Å². The Labute approximate surface area is 131 Å². The molecule has 0 unspecified atom stereocenters. The molecule has 3 heteroatoms. The summed E-state index contributed by atoms with van der Waals surface area (Å²) in [6.45, 7) is 4.87. The Morgan fingerprint density at radius 3 is 2.33 bits per heavy atom. The molecule has 0 fully saturated rings. The van der Waals surface area contributed by atoms with Crippen LogP contribution in [0.2, 0.25) is 0 Å². The van der Waals surface area contributed by atoms with Crippen molar-refractivity contribution in [1.82, 2.24) is 5.32 Å². The highest BCUT2D eigenvalue weighted by atomic mass is 32.2. The molecule has 1 N–H and O–H groups in total. The van der Waals surface area contributed by atoms with E-state index in [1.807, 2.05) is 43.0 Å². The van der Waals surface area contributed by atoms with E-state index in [0.29, 0.717) is 0 Å². The van der Waals surface area contributed by atoms with Crippen molar-refractivity contribution in [1.29, 1.82) is 0 Å². The number of carbonyl (C=O) groups is 1. The molecule has 0 saturated heterocycles. The molecule has 2 rings (SSSR count). The van der Waals surface area contributed by atoms with Crippen molar-refractivity contribution in [3.05, 3.63) is 65.2 Å². The summed E-state index contributed by atoms with van der Waals surface area (Å²) in [5.41, 5.74) is 3.24. The van der Waals surface area contributed by atoms with E-state index in [1.165, 1.54) is 16.0 Å². The van der Waals surface area contributed by atoms with Gasteiger partial charge >= 0.3 is 0 Å². The van der Waals surface area contributed by atoms with Crippen LogP contribution in [0.3, 0.4) is 0 Å². The first-order valence-electron chi connectivity index (χ1n) is 7.25. The topological polar surface area (TPSA) is 29.1 Å². The van der Waals surface area contributed by atoms with Crippen LogP contribution in [0.5, 0.6) is 0 Å². The summed E-state index contributed by atoms with van der Waals surface area (Å²) >= 11 is 1.81. The lowest BCUT2D eigenvalue weighted by Gasteiger charge is -2.06. The van der Waals surface area contributed by atoms with E-state index in [1.54, 1.807) is 0 Å². The summed E-state index contributed by atoms with van der Waals surface area (Å²) in [5.74, 6) is 0.925. The molecule has 0 aliphatic heterocycles. The minimum Gasteiger partial charge on any atom is -0.352 e. The Morgan fingerprint density at radius 2 is 1.71 bits per heavy atom. The highest BCUT2D eigenvalue weighted by Gasteiger charge is 2.04. The molecule has 21 heavy (non-hydrogen) atoms. The van der Waals surface area contributed by atoms with Gasteiger partial charge in [0.1, 0.15) is 0 Å². The molecule has 0 aliphatic carbocycles. The van der Waals surface area contributed by atoms with Gasteiger partial charge in [0.25, 0.3) is 5.91 Å². The Balaban J connectivity index is 1.90. The third-order valence-electron chi connectivity index (χ3n) is 3.18. The molecule has 2 aromatic rings. The number of nitrogens with one attached hydrogen (secondary N) is 1. The molecule has 0 saturated carbocycles. The van der Waals surface area contributed by atoms with Gasteiger partial charge in [0, 0.05) is 22.8 Å². The molecular weight excluding hydrogens is 278 g/mol. The monoisotopic (exact) mass is 299 g/mol. The molecule has 0 spiro atoms. The fourth-order valence-corrected chi connectivity index (χ4v) is 2.75. The van der Waals surface area contributed by atoms with Crippen molar-refractivity contribution in [2.45, 2.75) is 30.9 Å². The zero-order chi connectivity index (χ0) is 15.1. The van der Waals surface area contributed by atoms with Gasteiger partial charge in [0.05, 0.1) is 0 Å². The SMILES string of the molecule is CCCNC(=O)c1ccc(CSc2ccc(C)cc2)cc1. The number of hydrogen-bond acceptors (Lipinski definition) is 2. The number of rotatable bonds is 6. The van der Waals surface area contributed by atoms with E-state index in [0.717, 1.165) is 24.3 Å². The molecule has 0 bridgehead atoms. The van der Waals surface area contributed by atoms with Gasteiger partial charge in [-0.2, -0.15) is 0 Å². The predicted octanol–water partition coefficient (Wildman–Crippen LogP) is 4.43. The molecule has 1 amide bonds. The molecule has 2 nitrogen and oxygen atoms in total. The quantitative estimate of drug-likeness (QED) is 0.800. The summed E-state index contributed by atoms with van der Waals surface area (Å²) in [5, 5.41) is 2.89. The Bertz CT molecular complexity index is 575. The van der Waals surface area contributed by atoms with Gasteiger partial charge in [-0.05, 0) is 43.2 Å². The molecule has 0 aromatic heterocycles. The molecule has 110 valence electrons. The van der Waals surface area contributed by atoms with E-state index < -0.39 is 0 Å². The summed E-state index contributed by atoms with van der Waals surface area (Å²) in [4.78, 5) is 13.1. The van der Waals surface area contributed by atoms with Crippen LogP contribution in [-0.4, -0.2) is 12.5 Å². The first-order valence-corrected chi connectivity index (χ1v) is 8.24. The van der Waals surface area contributed by atoms with E-state index in [-0.39, 0.29) is 5.91 Å². The van der Waals surface area contributed by atoms with Crippen molar-refractivity contribution in [3.8, 4) is 0 Å². The van der Waals surface area contributed by atoms with Gasteiger partial charge in [-0.25, -0.2) is 0 Å². The third-order valence-corrected chi connectivity index (χ3v) is 4.26. The maximum atomic E-state index is 11.8. The van der Waals surface area contributed by atoms with Crippen molar-refractivity contribution in [2.24, 2.45) is 0 Å². The summed E-state index contributed by atoms with van der Waals surface area (Å²) in [6.07, 6.45) is 0.955. The van der Waals surface area contributed by atoms with Crippen molar-refractivity contribution < 1.29 is 4.79 Å². The van der Waals surface area contributed by atoms with Crippen molar-refractivity contribution in [3.63, 3.8) is 0 Å². The zero-order valence-electron chi connectivity index (χ0n) is 12.6. The minimum absolute atomic E-state index is 0.00888. The maximum absolute atomic E-state index is 11.8.